The van der Waals surface area contributed by atoms with Gasteiger partial charge in [-0.05, 0) is 48.7 Å². The lowest BCUT2D eigenvalue weighted by Crippen LogP contribution is -2.54. The predicted octanol–water partition coefficient (Wildman–Crippen LogP) is 5.69. The second-order valence-corrected chi connectivity index (χ2v) is 8.09. The van der Waals surface area contributed by atoms with Gasteiger partial charge in [-0.1, -0.05) is 17.7 Å². The third kappa shape index (κ3) is 3.55. The van der Waals surface area contributed by atoms with Gasteiger partial charge in [0.2, 0.25) is 0 Å². The molecular formula is C22H18ClF4N3O2. The van der Waals surface area contributed by atoms with Crippen LogP contribution in [0.25, 0.3) is 16.5 Å². The fourth-order valence-electron chi connectivity index (χ4n) is 4.03. The zero-order valence-electron chi connectivity index (χ0n) is 16.9. The molecule has 0 radical (unpaired) electrons. The van der Waals surface area contributed by atoms with E-state index in [1.165, 1.54) is 31.3 Å². The number of fused-ring (bicyclic) bond motifs is 2. The largest absolute Gasteiger partial charge is 0.506 e. The van der Waals surface area contributed by atoms with Gasteiger partial charge in [-0.2, -0.15) is 13.2 Å². The van der Waals surface area contributed by atoms with Gasteiger partial charge in [-0.15, -0.1) is 0 Å². The summed E-state index contributed by atoms with van der Waals surface area (Å²) in [7, 11) is 0. The highest BCUT2D eigenvalue weighted by Gasteiger charge is 2.61. The van der Waals surface area contributed by atoms with Crippen LogP contribution >= 0.6 is 11.6 Å². The van der Waals surface area contributed by atoms with E-state index < -0.39 is 30.1 Å². The lowest BCUT2D eigenvalue weighted by molar-refractivity contribution is -0.265. The molecule has 3 N–H and O–H groups in total. The maximum absolute atomic E-state index is 14.3. The zero-order chi connectivity index (χ0) is 23.4. The molecule has 168 valence electrons. The van der Waals surface area contributed by atoms with Crippen molar-refractivity contribution in [1.82, 2.24) is 9.97 Å². The summed E-state index contributed by atoms with van der Waals surface area (Å²) < 4.78 is 56.9. The molecule has 2 atom stereocenters. The van der Waals surface area contributed by atoms with Gasteiger partial charge in [0.1, 0.15) is 17.4 Å². The maximum atomic E-state index is 14.3. The zero-order valence-corrected chi connectivity index (χ0v) is 17.7. The Balaban J connectivity index is 1.97. The number of rotatable bonds is 2. The highest BCUT2D eigenvalue weighted by atomic mass is 35.5. The molecule has 32 heavy (non-hydrogen) atoms. The van der Waals surface area contributed by atoms with Crippen LogP contribution in [0.4, 0.5) is 23.2 Å². The number of aryl methyl sites for hydroxylation is 1. The van der Waals surface area contributed by atoms with E-state index in [1.54, 1.807) is 6.92 Å². The molecule has 0 unspecified atom stereocenters. The van der Waals surface area contributed by atoms with E-state index in [2.05, 4.69) is 15.3 Å². The number of phenolic OH excluding ortho intramolecular Hbond substituents is 1. The first-order valence-electron chi connectivity index (χ1n) is 9.61. The van der Waals surface area contributed by atoms with Crippen molar-refractivity contribution in [1.29, 1.82) is 0 Å². The molecule has 0 saturated carbocycles. The van der Waals surface area contributed by atoms with Crippen LogP contribution in [0.15, 0.2) is 36.5 Å². The van der Waals surface area contributed by atoms with Crippen molar-refractivity contribution in [2.24, 2.45) is 0 Å². The lowest BCUT2D eigenvalue weighted by atomic mass is 9.73. The van der Waals surface area contributed by atoms with Gasteiger partial charge in [-0.3, -0.25) is 0 Å². The molecule has 1 aliphatic carbocycles. The summed E-state index contributed by atoms with van der Waals surface area (Å²) in [5.74, 6) is -0.660. The van der Waals surface area contributed by atoms with Crippen LogP contribution in [0.1, 0.15) is 36.3 Å². The normalized spacial score (nSPS) is 22.2. The molecular weight excluding hydrogens is 450 g/mol. The third-order valence-electron chi connectivity index (χ3n) is 5.64. The number of aromatic hydroxyl groups is 1. The van der Waals surface area contributed by atoms with E-state index in [1.807, 2.05) is 0 Å². The first kappa shape index (κ1) is 22.3. The molecule has 0 amide bonds. The number of nitrogens with zero attached hydrogens (tertiary/aromatic N) is 2. The molecule has 0 fully saturated rings. The average molecular weight is 468 g/mol. The SMILES string of the molecule is CC=C1C[C@](O)(C(F)(F)F)[C@H](Nc2cc(F)cc3nc(C)ncc23)c2cc(Cl)c(O)cc21. The topological polar surface area (TPSA) is 78.3 Å². The van der Waals surface area contributed by atoms with Gasteiger partial charge in [-0.25, -0.2) is 14.4 Å². The highest BCUT2D eigenvalue weighted by Crippen LogP contribution is 2.53. The third-order valence-corrected chi connectivity index (χ3v) is 5.94. The summed E-state index contributed by atoms with van der Waals surface area (Å²) in [4.78, 5) is 8.18. The van der Waals surface area contributed by atoms with Crippen molar-refractivity contribution in [3.8, 4) is 5.75 Å². The van der Waals surface area contributed by atoms with Crippen molar-refractivity contribution in [2.75, 3.05) is 5.32 Å². The molecule has 3 aromatic rings. The number of aliphatic hydroxyl groups is 1. The standard InChI is InChI=1S/C22H18ClF4N3O2/c1-3-11-8-21(32,22(25,26)27)20(14-6-16(23)19(31)7-13(11)14)30-18-5-12(24)4-17-15(18)9-28-10(2)29-17/h3-7,9,20,30-32H,8H2,1-2H3/t20-,21-/m1/s1. The lowest BCUT2D eigenvalue weighted by Gasteiger charge is -2.44. The Kier molecular flexibility index (Phi) is 5.29. The maximum Gasteiger partial charge on any atom is 0.419 e. The van der Waals surface area contributed by atoms with Crippen LogP contribution in [0.3, 0.4) is 0 Å². The van der Waals surface area contributed by atoms with Crippen molar-refractivity contribution >= 4 is 33.8 Å². The number of nitrogens with one attached hydrogen (secondary N) is 1. The molecule has 5 nitrogen and oxygen atoms in total. The molecule has 10 heteroatoms. The number of aromatic nitrogens is 2. The quantitative estimate of drug-likeness (QED) is 0.422. The summed E-state index contributed by atoms with van der Waals surface area (Å²) >= 11 is 6.01. The van der Waals surface area contributed by atoms with Crippen LogP contribution < -0.4 is 5.32 Å². The van der Waals surface area contributed by atoms with E-state index in [4.69, 9.17) is 11.6 Å². The van der Waals surface area contributed by atoms with Gasteiger partial charge < -0.3 is 15.5 Å². The first-order valence-corrected chi connectivity index (χ1v) is 9.99. The minimum Gasteiger partial charge on any atom is -0.506 e. The van der Waals surface area contributed by atoms with Crippen LogP contribution in [0, 0.1) is 12.7 Å². The number of benzene rings is 2. The van der Waals surface area contributed by atoms with Crippen molar-refractivity contribution in [3.63, 3.8) is 0 Å². The van der Waals surface area contributed by atoms with E-state index in [0.29, 0.717) is 11.4 Å². The van der Waals surface area contributed by atoms with Crippen molar-refractivity contribution in [2.45, 2.75) is 38.1 Å². The number of hydrogen-bond donors (Lipinski definition) is 3. The Morgan fingerprint density at radius 1 is 1.25 bits per heavy atom. The summed E-state index contributed by atoms with van der Waals surface area (Å²) in [5, 5.41) is 23.8. The molecule has 0 saturated heterocycles. The number of allylic oxidation sites excluding steroid dienone is 1. The molecule has 4 rings (SSSR count). The number of phenols is 1. The number of hydrogen-bond acceptors (Lipinski definition) is 5. The van der Waals surface area contributed by atoms with Crippen LogP contribution in [-0.2, 0) is 0 Å². The summed E-state index contributed by atoms with van der Waals surface area (Å²) in [5.41, 5.74) is -2.57. The Morgan fingerprint density at radius 3 is 2.62 bits per heavy atom. The summed E-state index contributed by atoms with van der Waals surface area (Å²) in [6.45, 7) is 3.14. The van der Waals surface area contributed by atoms with E-state index in [9.17, 15) is 27.8 Å². The van der Waals surface area contributed by atoms with Gasteiger partial charge in [0.15, 0.2) is 5.60 Å². The van der Waals surface area contributed by atoms with Gasteiger partial charge in [0.25, 0.3) is 0 Å². The highest BCUT2D eigenvalue weighted by molar-refractivity contribution is 6.32. The van der Waals surface area contributed by atoms with Gasteiger partial charge >= 0.3 is 6.18 Å². The average Bonchev–Trinajstić information content (AvgIpc) is 2.70. The minimum atomic E-state index is -5.04. The van der Waals surface area contributed by atoms with Crippen LogP contribution in [-0.4, -0.2) is 32.0 Å². The summed E-state index contributed by atoms with van der Waals surface area (Å²) in [6.07, 6.45) is -3.01. The van der Waals surface area contributed by atoms with E-state index >= 15 is 0 Å². The number of anilines is 1. The number of halogens is 5. The molecule has 0 aliphatic heterocycles. The molecule has 0 bridgehead atoms. The second kappa shape index (κ2) is 7.60. The Labute approximate surface area is 185 Å². The fourth-order valence-corrected chi connectivity index (χ4v) is 4.20. The molecule has 2 aromatic carbocycles. The summed E-state index contributed by atoms with van der Waals surface area (Å²) in [6, 6.07) is 2.84. The number of alkyl halides is 3. The molecule has 0 spiro atoms. The second-order valence-electron chi connectivity index (χ2n) is 7.68. The Bertz CT molecular complexity index is 1260. The van der Waals surface area contributed by atoms with Gasteiger partial charge in [0.05, 0.1) is 16.6 Å². The molecule has 1 aliphatic rings. The Hall–Kier alpha value is -2.91. The van der Waals surface area contributed by atoms with E-state index in [0.717, 1.165) is 12.1 Å². The van der Waals surface area contributed by atoms with Crippen molar-refractivity contribution in [3.05, 3.63) is 64.3 Å². The Morgan fingerprint density at radius 2 is 1.97 bits per heavy atom. The van der Waals surface area contributed by atoms with Gasteiger partial charge in [0, 0.05) is 29.8 Å². The molecule has 1 heterocycles. The van der Waals surface area contributed by atoms with Crippen molar-refractivity contribution < 1.29 is 27.8 Å². The minimum absolute atomic E-state index is 0.0115. The molecule has 1 aromatic heterocycles. The predicted molar refractivity (Wildman–Crippen MR) is 113 cm³/mol. The fraction of sp³-hybridized carbons (Fsp3) is 0.273. The van der Waals surface area contributed by atoms with Crippen LogP contribution in [0.5, 0.6) is 5.75 Å². The smallest absolute Gasteiger partial charge is 0.419 e. The first-order chi connectivity index (χ1) is 14.9. The van der Waals surface area contributed by atoms with E-state index in [-0.39, 0.29) is 38.5 Å². The monoisotopic (exact) mass is 467 g/mol. The van der Waals surface area contributed by atoms with Crippen LogP contribution in [0.2, 0.25) is 5.02 Å².